The van der Waals surface area contributed by atoms with Crippen molar-refractivity contribution in [2.45, 2.75) is 232 Å². The second kappa shape index (κ2) is 48.7. The van der Waals surface area contributed by atoms with Crippen molar-refractivity contribution in [3.63, 3.8) is 0 Å². The average Bonchev–Trinajstić information content (AvgIpc) is 3.22. The highest BCUT2D eigenvalue weighted by Gasteiger charge is 2.17. The molecule has 5 nitrogen and oxygen atoms in total. The first kappa shape index (κ1) is 55.3. The van der Waals surface area contributed by atoms with Gasteiger partial charge in [-0.1, -0.05) is 203 Å². The number of carbonyl (C=O) groups excluding carboxylic acids is 2. The molecule has 0 heterocycles. The molecule has 58 heavy (non-hydrogen) atoms. The molecule has 0 saturated heterocycles. The van der Waals surface area contributed by atoms with Crippen molar-refractivity contribution < 1.29 is 23.8 Å². The molecular formula is C53H92O5. The van der Waals surface area contributed by atoms with E-state index in [2.05, 4.69) is 93.7 Å². The van der Waals surface area contributed by atoms with Crippen molar-refractivity contribution in [2.24, 2.45) is 0 Å². The molecule has 0 aliphatic heterocycles. The Kier molecular flexibility index (Phi) is 46.5. The first-order valence-electron chi connectivity index (χ1n) is 24.5. The zero-order valence-electron chi connectivity index (χ0n) is 38.3. The van der Waals surface area contributed by atoms with Crippen LogP contribution in [0.25, 0.3) is 0 Å². The molecule has 0 spiro atoms. The summed E-state index contributed by atoms with van der Waals surface area (Å²) in [6.45, 7) is 7.54. The van der Waals surface area contributed by atoms with Crippen LogP contribution in [0.15, 0.2) is 72.9 Å². The van der Waals surface area contributed by atoms with Gasteiger partial charge in [-0.3, -0.25) is 9.59 Å². The topological polar surface area (TPSA) is 61.8 Å². The molecule has 0 N–H and O–H groups in total. The van der Waals surface area contributed by atoms with Crippen molar-refractivity contribution in [3.05, 3.63) is 72.9 Å². The van der Waals surface area contributed by atoms with E-state index in [0.717, 1.165) is 77.0 Å². The molecule has 0 aromatic carbocycles. The predicted octanol–water partition coefficient (Wildman–Crippen LogP) is 16.3. The second-order valence-corrected chi connectivity index (χ2v) is 16.0. The second-order valence-electron chi connectivity index (χ2n) is 16.0. The van der Waals surface area contributed by atoms with Crippen LogP contribution in [0.2, 0.25) is 0 Å². The number of esters is 2. The highest BCUT2D eigenvalue weighted by atomic mass is 16.6. The van der Waals surface area contributed by atoms with Crippen molar-refractivity contribution >= 4 is 11.9 Å². The van der Waals surface area contributed by atoms with Gasteiger partial charge < -0.3 is 14.2 Å². The monoisotopic (exact) mass is 809 g/mol. The number of allylic oxidation sites excluding steroid dienone is 12. The number of hydrogen-bond acceptors (Lipinski definition) is 5. The highest BCUT2D eigenvalue weighted by Crippen LogP contribution is 2.14. The van der Waals surface area contributed by atoms with Gasteiger partial charge in [0.05, 0.1) is 6.61 Å². The molecule has 1 atom stereocenters. The Balaban J connectivity index is 4.32. The van der Waals surface area contributed by atoms with Crippen LogP contribution in [0.5, 0.6) is 0 Å². The zero-order valence-corrected chi connectivity index (χ0v) is 38.3. The van der Waals surface area contributed by atoms with Gasteiger partial charge in [0.15, 0.2) is 6.10 Å². The summed E-state index contributed by atoms with van der Waals surface area (Å²) in [6.07, 6.45) is 62.0. The normalized spacial score (nSPS) is 12.8. The molecular weight excluding hydrogens is 717 g/mol. The fraction of sp³-hybridized carbons (Fsp3) is 0.736. The summed E-state index contributed by atoms with van der Waals surface area (Å²) < 4.78 is 17.3. The van der Waals surface area contributed by atoms with E-state index in [0.29, 0.717) is 19.4 Å². The third-order valence-corrected chi connectivity index (χ3v) is 10.2. The van der Waals surface area contributed by atoms with Crippen LogP contribution in [0.3, 0.4) is 0 Å². The van der Waals surface area contributed by atoms with Crippen LogP contribution in [0, 0.1) is 0 Å². The number of unbranched alkanes of at least 4 members (excludes halogenated alkanes) is 21. The van der Waals surface area contributed by atoms with E-state index in [1.54, 1.807) is 0 Å². The fourth-order valence-electron chi connectivity index (χ4n) is 6.60. The molecule has 0 aliphatic carbocycles. The Labute approximate surface area is 359 Å². The van der Waals surface area contributed by atoms with E-state index < -0.39 is 6.10 Å². The predicted molar refractivity (Wildman–Crippen MR) is 251 cm³/mol. The van der Waals surface area contributed by atoms with Gasteiger partial charge in [-0.05, 0) is 83.5 Å². The molecule has 0 fully saturated rings. The quantitative estimate of drug-likeness (QED) is 0.0348. The Morgan fingerprint density at radius 1 is 0.397 bits per heavy atom. The first-order chi connectivity index (χ1) is 28.6. The van der Waals surface area contributed by atoms with Gasteiger partial charge in [0, 0.05) is 19.4 Å². The largest absolute Gasteiger partial charge is 0.462 e. The Bertz CT molecular complexity index is 1050. The van der Waals surface area contributed by atoms with Crippen molar-refractivity contribution in [1.82, 2.24) is 0 Å². The van der Waals surface area contributed by atoms with E-state index in [9.17, 15) is 9.59 Å². The van der Waals surface area contributed by atoms with E-state index in [1.807, 2.05) is 0 Å². The van der Waals surface area contributed by atoms with E-state index in [-0.39, 0.29) is 25.2 Å². The van der Waals surface area contributed by atoms with Crippen molar-refractivity contribution in [2.75, 3.05) is 19.8 Å². The molecule has 0 saturated carbocycles. The van der Waals surface area contributed by atoms with Crippen LogP contribution >= 0.6 is 0 Å². The van der Waals surface area contributed by atoms with Gasteiger partial charge in [-0.25, -0.2) is 0 Å². The van der Waals surface area contributed by atoms with Crippen LogP contribution in [-0.2, 0) is 23.8 Å². The molecule has 0 amide bonds. The lowest BCUT2D eigenvalue weighted by Gasteiger charge is -2.18. The summed E-state index contributed by atoms with van der Waals surface area (Å²) in [5.41, 5.74) is 0. The van der Waals surface area contributed by atoms with Crippen molar-refractivity contribution in [3.8, 4) is 0 Å². The molecule has 0 radical (unpaired) electrons. The standard InChI is InChI=1S/C53H92O5/c1-4-7-10-13-16-19-22-24-26-27-28-29-32-34-37-40-43-46-52(54)57-50-51(58-53(55)47-44-41-38-35-31-21-18-15-12-9-6-3)49-56-48-45-42-39-36-33-30-25-23-20-17-14-11-8-5-2/h8,11,16-17,19-20,24-26,30,36,39,51H,4-7,9-10,12-15,18,21-23,27-29,31-35,37-38,40-50H2,1-3H3/b11-8-,19-16-,20-17-,26-24-,30-25-,39-36-. The van der Waals surface area contributed by atoms with Crippen molar-refractivity contribution in [1.29, 1.82) is 0 Å². The summed E-state index contributed by atoms with van der Waals surface area (Å²) in [5, 5.41) is 0. The summed E-state index contributed by atoms with van der Waals surface area (Å²) in [6, 6.07) is 0. The molecule has 0 aliphatic rings. The fourth-order valence-corrected chi connectivity index (χ4v) is 6.60. The average molecular weight is 809 g/mol. The number of hydrogen-bond donors (Lipinski definition) is 0. The minimum atomic E-state index is -0.566. The number of ether oxygens (including phenoxy) is 3. The maximum absolute atomic E-state index is 12.7. The molecule has 0 aromatic rings. The Morgan fingerprint density at radius 2 is 0.776 bits per heavy atom. The minimum Gasteiger partial charge on any atom is -0.462 e. The first-order valence-corrected chi connectivity index (χ1v) is 24.5. The van der Waals surface area contributed by atoms with E-state index >= 15 is 0 Å². The lowest BCUT2D eigenvalue weighted by molar-refractivity contribution is -0.163. The smallest absolute Gasteiger partial charge is 0.306 e. The molecule has 0 bridgehead atoms. The summed E-state index contributed by atoms with van der Waals surface area (Å²) in [7, 11) is 0. The highest BCUT2D eigenvalue weighted by molar-refractivity contribution is 5.70. The third-order valence-electron chi connectivity index (χ3n) is 10.2. The number of rotatable bonds is 44. The van der Waals surface area contributed by atoms with Gasteiger partial charge in [0.1, 0.15) is 6.61 Å². The SMILES string of the molecule is CC/C=C\C/C=C\C/C=C\C/C=C\CCCOCC(COC(=O)CCCCCCCCC/C=C\C/C=C\CCCCC)OC(=O)CCCCCCCCCCCCC. The van der Waals surface area contributed by atoms with E-state index in [1.165, 1.54) is 116 Å². The van der Waals surface area contributed by atoms with Gasteiger partial charge >= 0.3 is 11.9 Å². The van der Waals surface area contributed by atoms with Crippen LogP contribution in [0.4, 0.5) is 0 Å². The number of carbonyl (C=O) groups is 2. The molecule has 1 unspecified atom stereocenters. The maximum Gasteiger partial charge on any atom is 0.306 e. The third kappa shape index (κ3) is 46.0. The Morgan fingerprint density at radius 3 is 1.28 bits per heavy atom. The van der Waals surface area contributed by atoms with Crippen LogP contribution in [-0.4, -0.2) is 37.9 Å². The summed E-state index contributed by atoms with van der Waals surface area (Å²) in [4.78, 5) is 25.3. The van der Waals surface area contributed by atoms with Gasteiger partial charge in [-0.15, -0.1) is 0 Å². The molecule has 334 valence electrons. The molecule has 0 rings (SSSR count). The van der Waals surface area contributed by atoms with Gasteiger partial charge in [-0.2, -0.15) is 0 Å². The summed E-state index contributed by atoms with van der Waals surface area (Å²) >= 11 is 0. The lowest BCUT2D eigenvalue weighted by Crippen LogP contribution is -2.30. The van der Waals surface area contributed by atoms with Gasteiger partial charge in [0.25, 0.3) is 0 Å². The van der Waals surface area contributed by atoms with Crippen LogP contribution < -0.4 is 0 Å². The molecule has 5 heteroatoms. The zero-order chi connectivity index (χ0) is 42.1. The maximum atomic E-state index is 12.7. The van der Waals surface area contributed by atoms with Crippen LogP contribution in [0.1, 0.15) is 226 Å². The summed E-state index contributed by atoms with van der Waals surface area (Å²) in [5.74, 6) is -0.435. The minimum absolute atomic E-state index is 0.0589. The van der Waals surface area contributed by atoms with Gasteiger partial charge in [0.2, 0.25) is 0 Å². The van der Waals surface area contributed by atoms with E-state index in [4.69, 9.17) is 14.2 Å². The lowest BCUT2D eigenvalue weighted by atomic mass is 10.1. The Hall–Kier alpha value is -2.66. The molecule has 0 aromatic heterocycles.